The number of hydrogen-bond acceptors (Lipinski definition) is 4. The van der Waals surface area contributed by atoms with Gasteiger partial charge in [0.2, 0.25) is 0 Å². The van der Waals surface area contributed by atoms with Crippen LogP contribution in [0, 0.1) is 6.92 Å². The second kappa shape index (κ2) is 10.0. The van der Waals surface area contributed by atoms with E-state index in [2.05, 4.69) is 14.8 Å². The van der Waals surface area contributed by atoms with E-state index in [1.807, 2.05) is 19.1 Å². The van der Waals surface area contributed by atoms with E-state index in [1.54, 1.807) is 6.20 Å². The number of pyridine rings is 1. The minimum atomic E-state index is 0.125. The Hall–Kier alpha value is -1.46. The Morgan fingerprint density at radius 3 is 2.58 bits per heavy atom. The smallest absolute Gasteiger partial charge is 0.255 e. The van der Waals surface area contributed by atoms with Crippen LogP contribution >= 0.6 is 0 Å². The Morgan fingerprint density at radius 1 is 1.19 bits per heavy atom. The van der Waals surface area contributed by atoms with Gasteiger partial charge >= 0.3 is 0 Å². The van der Waals surface area contributed by atoms with E-state index in [9.17, 15) is 4.79 Å². The topological polar surface area (TPSA) is 45.7 Å². The molecule has 2 saturated heterocycles. The van der Waals surface area contributed by atoms with E-state index in [4.69, 9.17) is 4.74 Å². The lowest BCUT2D eigenvalue weighted by Gasteiger charge is -2.35. The molecular formula is C21H33N3O2. The van der Waals surface area contributed by atoms with Crippen LogP contribution in [0.3, 0.4) is 0 Å². The van der Waals surface area contributed by atoms with Gasteiger partial charge in [-0.1, -0.05) is 12.8 Å². The second-order valence-corrected chi connectivity index (χ2v) is 7.64. The van der Waals surface area contributed by atoms with E-state index < -0.39 is 0 Å². The van der Waals surface area contributed by atoms with Crippen molar-refractivity contribution in [3.63, 3.8) is 0 Å². The van der Waals surface area contributed by atoms with Gasteiger partial charge in [-0.2, -0.15) is 0 Å². The van der Waals surface area contributed by atoms with Crippen molar-refractivity contribution in [3.05, 3.63) is 29.6 Å². The van der Waals surface area contributed by atoms with E-state index in [1.165, 1.54) is 38.8 Å². The Bertz CT molecular complexity index is 547. The lowest BCUT2D eigenvalue weighted by atomic mass is 10.1. The zero-order chi connectivity index (χ0) is 18.2. The fraction of sp³-hybridized carbons (Fsp3) is 0.714. The maximum atomic E-state index is 13.1. The summed E-state index contributed by atoms with van der Waals surface area (Å²) in [6.45, 7) is 7.82. The number of nitrogens with zero attached hydrogens (tertiary/aromatic N) is 3. The van der Waals surface area contributed by atoms with Crippen LogP contribution in [0.15, 0.2) is 18.3 Å². The summed E-state index contributed by atoms with van der Waals surface area (Å²) in [6, 6.07) is 4.12. The van der Waals surface area contributed by atoms with Crippen LogP contribution < -0.4 is 0 Å². The van der Waals surface area contributed by atoms with Crippen LogP contribution in [0.2, 0.25) is 0 Å². The molecule has 26 heavy (non-hydrogen) atoms. The van der Waals surface area contributed by atoms with E-state index >= 15 is 0 Å². The molecule has 2 aliphatic heterocycles. The van der Waals surface area contributed by atoms with Gasteiger partial charge in [0.1, 0.15) is 0 Å². The lowest BCUT2D eigenvalue weighted by Crippen LogP contribution is -2.44. The van der Waals surface area contributed by atoms with Gasteiger partial charge in [0.05, 0.1) is 5.56 Å². The maximum absolute atomic E-state index is 13.1. The van der Waals surface area contributed by atoms with Gasteiger partial charge in [-0.15, -0.1) is 0 Å². The summed E-state index contributed by atoms with van der Waals surface area (Å²) in [5, 5.41) is 0. The molecule has 3 heterocycles. The zero-order valence-corrected chi connectivity index (χ0v) is 16.2. The SMILES string of the molecule is Cc1ccc(C(=O)N(CCCN2CCCCCC2)C2CCOCC2)cn1. The third kappa shape index (κ3) is 5.52. The first-order chi connectivity index (χ1) is 12.7. The summed E-state index contributed by atoms with van der Waals surface area (Å²) in [7, 11) is 0. The van der Waals surface area contributed by atoms with Crippen molar-refractivity contribution in [2.45, 2.75) is 57.9 Å². The van der Waals surface area contributed by atoms with Crippen molar-refractivity contribution in [3.8, 4) is 0 Å². The van der Waals surface area contributed by atoms with E-state index in [0.29, 0.717) is 11.6 Å². The first-order valence-electron chi connectivity index (χ1n) is 10.3. The van der Waals surface area contributed by atoms with Crippen molar-refractivity contribution in [2.75, 3.05) is 39.4 Å². The third-order valence-corrected chi connectivity index (χ3v) is 5.62. The molecule has 144 valence electrons. The van der Waals surface area contributed by atoms with Crippen LogP contribution in [0.1, 0.15) is 61.0 Å². The molecule has 3 rings (SSSR count). The number of carbonyl (C=O) groups is 1. The summed E-state index contributed by atoms with van der Waals surface area (Å²) >= 11 is 0. The largest absolute Gasteiger partial charge is 0.381 e. The average molecular weight is 360 g/mol. The summed E-state index contributed by atoms with van der Waals surface area (Å²) in [5.74, 6) is 0.125. The van der Waals surface area contributed by atoms with Crippen molar-refractivity contribution < 1.29 is 9.53 Å². The molecule has 5 nitrogen and oxygen atoms in total. The fourth-order valence-electron chi connectivity index (χ4n) is 4.03. The summed E-state index contributed by atoms with van der Waals surface area (Å²) in [4.78, 5) is 22.1. The normalized spacial score (nSPS) is 19.9. The highest BCUT2D eigenvalue weighted by Crippen LogP contribution is 2.18. The van der Waals surface area contributed by atoms with Crippen LogP contribution in [0.25, 0.3) is 0 Å². The monoisotopic (exact) mass is 359 g/mol. The molecule has 0 atom stereocenters. The number of hydrogen-bond donors (Lipinski definition) is 0. The highest BCUT2D eigenvalue weighted by atomic mass is 16.5. The molecule has 1 amide bonds. The Kier molecular flexibility index (Phi) is 7.44. The maximum Gasteiger partial charge on any atom is 0.255 e. The molecular weight excluding hydrogens is 326 g/mol. The van der Waals surface area contributed by atoms with Gasteiger partial charge in [-0.3, -0.25) is 9.78 Å². The highest BCUT2D eigenvalue weighted by molar-refractivity contribution is 5.94. The van der Waals surface area contributed by atoms with Gasteiger partial charge in [0.25, 0.3) is 5.91 Å². The van der Waals surface area contributed by atoms with Crippen molar-refractivity contribution in [1.82, 2.24) is 14.8 Å². The molecule has 0 spiro atoms. The standard InChI is InChI=1S/C21H33N3O2/c1-18-7-8-19(17-22-18)21(25)24(20-9-15-26-16-10-20)14-6-13-23-11-4-2-3-5-12-23/h7-8,17,20H,2-6,9-16H2,1H3. The lowest BCUT2D eigenvalue weighted by molar-refractivity contribution is 0.0280. The minimum absolute atomic E-state index is 0.125. The van der Waals surface area contributed by atoms with E-state index in [-0.39, 0.29) is 5.91 Å². The summed E-state index contributed by atoms with van der Waals surface area (Å²) in [5.41, 5.74) is 1.65. The Balaban J connectivity index is 1.60. The van der Waals surface area contributed by atoms with Crippen LogP contribution in [0.5, 0.6) is 0 Å². The quantitative estimate of drug-likeness (QED) is 0.782. The van der Waals surface area contributed by atoms with Gasteiger partial charge in [-0.25, -0.2) is 0 Å². The van der Waals surface area contributed by atoms with Gasteiger partial charge in [0.15, 0.2) is 0 Å². The molecule has 0 saturated carbocycles. The highest BCUT2D eigenvalue weighted by Gasteiger charge is 2.26. The number of amides is 1. The minimum Gasteiger partial charge on any atom is -0.381 e. The summed E-state index contributed by atoms with van der Waals surface area (Å²) < 4.78 is 5.51. The molecule has 0 aliphatic carbocycles. The molecule has 0 aromatic carbocycles. The number of aryl methyl sites for hydroxylation is 1. The van der Waals surface area contributed by atoms with Crippen LogP contribution in [-0.2, 0) is 4.74 Å². The Morgan fingerprint density at radius 2 is 1.92 bits per heavy atom. The number of rotatable bonds is 6. The molecule has 2 fully saturated rings. The number of ether oxygens (including phenoxy) is 1. The van der Waals surface area contributed by atoms with Crippen molar-refractivity contribution in [1.29, 1.82) is 0 Å². The second-order valence-electron chi connectivity index (χ2n) is 7.64. The van der Waals surface area contributed by atoms with Crippen molar-refractivity contribution in [2.24, 2.45) is 0 Å². The first kappa shape index (κ1) is 19.3. The van der Waals surface area contributed by atoms with Crippen molar-refractivity contribution >= 4 is 5.91 Å². The average Bonchev–Trinajstić information content (AvgIpc) is 2.95. The molecule has 0 unspecified atom stereocenters. The zero-order valence-electron chi connectivity index (χ0n) is 16.2. The fourth-order valence-corrected chi connectivity index (χ4v) is 4.03. The number of aromatic nitrogens is 1. The summed E-state index contributed by atoms with van der Waals surface area (Å²) in [6.07, 6.45) is 10.0. The Labute approximate surface area is 157 Å². The molecule has 1 aromatic rings. The molecule has 0 radical (unpaired) electrons. The third-order valence-electron chi connectivity index (χ3n) is 5.62. The van der Waals surface area contributed by atoms with E-state index in [0.717, 1.165) is 51.3 Å². The molecule has 5 heteroatoms. The molecule has 0 bridgehead atoms. The molecule has 1 aromatic heterocycles. The predicted molar refractivity (Wildman–Crippen MR) is 103 cm³/mol. The van der Waals surface area contributed by atoms with Crippen LogP contribution in [0.4, 0.5) is 0 Å². The number of carbonyl (C=O) groups excluding carboxylic acids is 1. The van der Waals surface area contributed by atoms with Gasteiger partial charge in [-0.05, 0) is 70.8 Å². The van der Waals surface area contributed by atoms with Gasteiger partial charge in [0, 0.05) is 37.7 Å². The molecule has 0 N–H and O–H groups in total. The predicted octanol–water partition coefficient (Wildman–Crippen LogP) is 3.28. The first-order valence-corrected chi connectivity index (χ1v) is 10.3. The number of likely N-dealkylation sites (tertiary alicyclic amines) is 1. The van der Waals surface area contributed by atoms with Gasteiger partial charge < -0.3 is 14.5 Å². The molecule has 2 aliphatic rings. The van der Waals surface area contributed by atoms with Crippen LogP contribution in [-0.4, -0.2) is 66.1 Å².